The van der Waals surface area contributed by atoms with Crippen molar-refractivity contribution in [1.82, 2.24) is 0 Å². The molecule has 1 heteroatoms. The van der Waals surface area contributed by atoms with E-state index >= 15 is 0 Å². The average molecular weight is 192 g/mol. The molecule has 1 unspecified atom stereocenters. The summed E-state index contributed by atoms with van der Waals surface area (Å²) in [7, 11) is 0. The van der Waals surface area contributed by atoms with Gasteiger partial charge in [-0.3, -0.25) is 0 Å². The van der Waals surface area contributed by atoms with Crippen LogP contribution >= 0.6 is 0 Å². The van der Waals surface area contributed by atoms with Gasteiger partial charge in [0.1, 0.15) is 5.75 Å². The number of phenolic OH excluding ortho intramolecular Hbond substituents is 1. The van der Waals surface area contributed by atoms with Crippen LogP contribution in [-0.2, 0) is 0 Å². The molecule has 0 saturated heterocycles. The Morgan fingerprint density at radius 1 is 1.29 bits per heavy atom. The smallest absolute Gasteiger partial charge is 0.119 e. The molecule has 0 aromatic heterocycles. The molecule has 0 heterocycles. The van der Waals surface area contributed by atoms with Gasteiger partial charge >= 0.3 is 0 Å². The first-order valence-electron chi connectivity index (χ1n) is 5.27. The van der Waals surface area contributed by atoms with Crippen molar-refractivity contribution in [3.63, 3.8) is 0 Å². The second kappa shape index (κ2) is 4.04. The van der Waals surface area contributed by atoms with E-state index in [0.717, 1.165) is 12.0 Å². The van der Waals surface area contributed by atoms with E-state index in [1.165, 1.54) is 0 Å². The minimum atomic E-state index is 0.235. The molecular formula is C13H20O. The standard InChI is InChI=1S/C13H20O/c1-5-13(3,4)10(2)11-8-6-7-9-12(11)14/h6-10,14H,5H2,1-4H3. The van der Waals surface area contributed by atoms with Crippen molar-refractivity contribution in [3.8, 4) is 5.75 Å². The Bertz CT molecular complexity index is 302. The van der Waals surface area contributed by atoms with Crippen molar-refractivity contribution >= 4 is 0 Å². The maximum absolute atomic E-state index is 9.74. The molecule has 1 N–H and O–H groups in total. The summed E-state index contributed by atoms with van der Waals surface area (Å²) in [6.07, 6.45) is 1.11. The Hall–Kier alpha value is -0.980. The molecule has 0 aliphatic rings. The van der Waals surface area contributed by atoms with Gasteiger partial charge in [0.2, 0.25) is 0 Å². The lowest BCUT2D eigenvalue weighted by atomic mass is 9.74. The molecule has 14 heavy (non-hydrogen) atoms. The number of benzene rings is 1. The molecule has 78 valence electrons. The van der Waals surface area contributed by atoms with E-state index < -0.39 is 0 Å². The maximum atomic E-state index is 9.74. The highest BCUT2D eigenvalue weighted by Crippen LogP contribution is 2.40. The lowest BCUT2D eigenvalue weighted by Gasteiger charge is -2.31. The summed E-state index contributed by atoms with van der Waals surface area (Å²) in [5.74, 6) is 0.801. The number of hydrogen-bond donors (Lipinski definition) is 1. The SMILES string of the molecule is CCC(C)(C)C(C)c1ccccc1O. The topological polar surface area (TPSA) is 20.2 Å². The van der Waals surface area contributed by atoms with Crippen LogP contribution in [0.3, 0.4) is 0 Å². The summed E-state index contributed by atoms with van der Waals surface area (Å²) >= 11 is 0. The molecule has 0 saturated carbocycles. The van der Waals surface area contributed by atoms with E-state index in [1.54, 1.807) is 6.07 Å². The summed E-state index contributed by atoms with van der Waals surface area (Å²) < 4.78 is 0. The Kier molecular flexibility index (Phi) is 3.20. The van der Waals surface area contributed by atoms with E-state index in [9.17, 15) is 5.11 Å². The molecule has 0 fully saturated rings. The van der Waals surface area contributed by atoms with Gasteiger partial charge in [0.15, 0.2) is 0 Å². The van der Waals surface area contributed by atoms with E-state index in [4.69, 9.17) is 0 Å². The fourth-order valence-corrected chi connectivity index (χ4v) is 1.58. The van der Waals surface area contributed by atoms with Gasteiger partial charge in [0.05, 0.1) is 0 Å². The van der Waals surface area contributed by atoms with E-state index in [2.05, 4.69) is 27.7 Å². The maximum Gasteiger partial charge on any atom is 0.119 e. The van der Waals surface area contributed by atoms with Crippen LogP contribution in [-0.4, -0.2) is 5.11 Å². The molecule has 0 amide bonds. The van der Waals surface area contributed by atoms with Crippen LogP contribution in [0.25, 0.3) is 0 Å². The molecule has 0 radical (unpaired) electrons. The summed E-state index contributed by atoms with van der Waals surface area (Å²) in [6, 6.07) is 7.62. The summed E-state index contributed by atoms with van der Waals surface area (Å²) in [6.45, 7) is 8.85. The van der Waals surface area contributed by atoms with Crippen LogP contribution in [0.5, 0.6) is 5.75 Å². The minimum Gasteiger partial charge on any atom is -0.508 e. The molecule has 0 spiro atoms. The molecular weight excluding hydrogens is 172 g/mol. The molecule has 1 rings (SSSR count). The normalized spacial score (nSPS) is 14.0. The zero-order valence-corrected chi connectivity index (χ0v) is 9.54. The zero-order valence-electron chi connectivity index (χ0n) is 9.54. The summed E-state index contributed by atoms with van der Waals surface area (Å²) in [4.78, 5) is 0. The molecule has 0 aliphatic carbocycles. The monoisotopic (exact) mass is 192 g/mol. The fraction of sp³-hybridized carbons (Fsp3) is 0.538. The molecule has 1 aromatic carbocycles. The van der Waals surface area contributed by atoms with E-state index in [-0.39, 0.29) is 5.41 Å². The molecule has 1 nitrogen and oxygen atoms in total. The van der Waals surface area contributed by atoms with Crippen molar-refractivity contribution in [2.75, 3.05) is 0 Å². The van der Waals surface area contributed by atoms with Crippen molar-refractivity contribution in [1.29, 1.82) is 0 Å². The highest BCUT2D eigenvalue weighted by molar-refractivity contribution is 5.35. The molecule has 0 aliphatic heterocycles. The third kappa shape index (κ3) is 2.09. The lowest BCUT2D eigenvalue weighted by molar-refractivity contribution is 0.283. The number of para-hydroxylation sites is 1. The van der Waals surface area contributed by atoms with Gasteiger partial charge in [-0.2, -0.15) is 0 Å². The average Bonchev–Trinajstić information content (AvgIpc) is 2.17. The Balaban J connectivity index is 3.00. The number of hydrogen-bond acceptors (Lipinski definition) is 1. The lowest BCUT2D eigenvalue weighted by Crippen LogP contribution is -2.18. The second-order valence-electron chi connectivity index (χ2n) is 4.62. The molecule has 1 atom stereocenters. The highest BCUT2D eigenvalue weighted by Gasteiger charge is 2.26. The molecule has 0 bridgehead atoms. The van der Waals surface area contributed by atoms with Gasteiger partial charge in [-0.05, 0) is 23.0 Å². The van der Waals surface area contributed by atoms with Crippen molar-refractivity contribution in [2.24, 2.45) is 5.41 Å². The van der Waals surface area contributed by atoms with Crippen molar-refractivity contribution in [2.45, 2.75) is 40.0 Å². The Morgan fingerprint density at radius 2 is 1.86 bits per heavy atom. The van der Waals surface area contributed by atoms with Gasteiger partial charge in [-0.15, -0.1) is 0 Å². The quantitative estimate of drug-likeness (QED) is 0.769. The fourth-order valence-electron chi connectivity index (χ4n) is 1.58. The molecule has 1 aromatic rings. The van der Waals surface area contributed by atoms with Crippen LogP contribution in [0.1, 0.15) is 45.6 Å². The van der Waals surface area contributed by atoms with Gasteiger partial charge in [-0.1, -0.05) is 52.3 Å². The first kappa shape index (κ1) is 11.1. The first-order valence-corrected chi connectivity index (χ1v) is 5.27. The van der Waals surface area contributed by atoms with Crippen LogP contribution in [0, 0.1) is 5.41 Å². The van der Waals surface area contributed by atoms with Crippen molar-refractivity contribution in [3.05, 3.63) is 29.8 Å². The minimum absolute atomic E-state index is 0.235. The number of aromatic hydroxyl groups is 1. The largest absolute Gasteiger partial charge is 0.508 e. The van der Waals surface area contributed by atoms with E-state index in [0.29, 0.717) is 11.7 Å². The van der Waals surface area contributed by atoms with Crippen LogP contribution in [0.2, 0.25) is 0 Å². The van der Waals surface area contributed by atoms with Gasteiger partial charge in [-0.25, -0.2) is 0 Å². The van der Waals surface area contributed by atoms with Crippen LogP contribution < -0.4 is 0 Å². The van der Waals surface area contributed by atoms with Gasteiger partial charge in [0.25, 0.3) is 0 Å². The second-order valence-corrected chi connectivity index (χ2v) is 4.62. The van der Waals surface area contributed by atoms with E-state index in [1.807, 2.05) is 18.2 Å². The number of rotatable bonds is 3. The van der Waals surface area contributed by atoms with Crippen LogP contribution in [0.4, 0.5) is 0 Å². The number of phenols is 1. The summed E-state index contributed by atoms with van der Waals surface area (Å²) in [5, 5.41) is 9.74. The first-order chi connectivity index (χ1) is 6.49. The predicted octanol–water partition coefficient (Wildman–Crippen LogP) is 3.93. The van der Waals surface area contributed by atoms with Crippen molar-refractivity contribution < 1.29 is 5.11 Å². The Morgan fingerprint density at radius 3 is 2.36 bits per heavy atom. The third-order valence-electron chi connectivity index (χ3n) is 3.49. The highest BCUT2D eigenvalue weighted by atomic mass is 16.3. The van der Waals surface area contributed by atoms with Gasteiger partial charge < -0.3 is 5.11 Å². The third-order valence-corrected chi connectivity index (χ3v) is 3.49. The predicted molar refractivity (Wildman–Crippen MR) is 60.6 cm³/mol. The summed E-state index contributed by atoms with van der Waals surface area (Å²) in [5.41, 5.74) is 1.29. The zero-order chi connectivity index (χ0) is 10.8. The Labute approximate surface area is 86.8 Å². The van der Waals surface area contributed by atoms with Gasteiger partial charge in [0, 0.05) is 0 Å². The van der Waals surface area contributed by atoms with Crippen LogP contribution in [0.15, 0.2) is 24.3 Å².